The van der Waals surface area contributed by atoms with Crippen LogP contribution in [0.2, 0.25) is 5.02 Å². The lowest BCUT2D eigenvalue weighted by Crippen LogP contribution is -2.37. The minimum absolute atomic E-state index is 0.164. The second kappa shape index (κ2) is 6.03. The van der Waals surface area contributed by atoms with Gasteiger partial charge in [-0.3, -0.25) is 24.3 Å². The maximum Gasteiger partial charge on any atom is 0.288 e. The van der Waals surface area contributed by atoms with Crippen molar-refractivity contribution in [3.8, 4) is 0 Å². The van der Waals surface area contributed by atoms with Gasteiger partial charge in [-0.1, -0.05) is 23.4 Å². The molecular weight excluding hydrogens is 290 g/mol. The number of imide groups is 1. The Morgan fingerprint density at radius 3 is 2.95 bits per heavy atom. The number of thioether (sulfide) groups is 1. The molecule has 6 nitrogen and oxygen atoms in total. The number of halogens is 1. The molecule has 0 saturated carbocycles. The summed E-state index contributed by atoms with van der Waals surface area (Å²) in [6.07, 6.45) is 1.43. The fourth-order valence-electron chi connectivity index (χ4n) is 1.50. The van der Waals surface area contributed by atoms with Gasteiger partial charge in [0.1, 0.15) is 5.69 Å². The summed E-state index contributed by atoms with van der Waals surface area (Å²) in [5.41, 5.74) is 0.195. The lowest BCUT2D eigenvalue weighted by Gasteiger charge is -2.12. The number of aromatic nitrogens is 1. The average molecular weight is 300 g/mol. The molecule has 1 aromatic rings. The van der Waals surface area contributed by atoms with Gasteiger partial charge in [0.2, 0.25) is 5.91 Å². The van der Waals surface area contributed by atoms with E-state index in [-0.39, 0.29) is 35.7 Å². The van der Waals surface area contributed by atoms with Crippen LogP contribution in [0.1, 0.15) is 10.5 Å². The van der Waals surface area contributed by atoms with Gasteiger partial charge >= 0.3 is 0 Å². The topological polar surface area (TPSA) is 79.4 Å². The van der Waals surface area contributed by atoms with Gasteiger partial charge in [-0.05, 0) is 12.1 Å². The van der Waals surface area contributed by atoms with Crippen molar-refractivity contribution < 1.29 is 14.4 Å². The molecule has 1 aromatic heterocycles. The Bertz CT molecular complexity index is 522. The van der Waals surface area contributed by atoms with Crippen molar-refractivity contribution in [2.45, 2.75) is 0 Å². The van der Waals surface area contributed by atoms with E-state index in [0.29, 0.717) is 5.02 Å². The first-order chi connectivity index (χ1) is 9.08. The van der Waals surface area contributed by atoms with Crippen LogP contribution in [0.25, 0.3) is 0 Å². The van der Waals surface area contributed by atoms with Gasteiger partial charge < -0.3 is 5.32 Å². The number of nitrogens with zero attached hydrogens (tertiary/aromatic N) is 2. The highest BCUT2D eigenvalue weighted by Crippen LogP contribution is 2.17. The molecule has 0 aliphatic carbocycles. The summed E-state index contributed by atoms with van der Waals surface area (Å²) in [4.78, 5) is 39.3. The van der Waals surface area contributed by atoms with E-state index in [1.165, 1.54) is 12.3 Å². The highest BCUT2D eigenvalue weighted by Gasteiger charge is 2.29. The van der Waals surface area contributed by atoms with Gasteiger partial charge in [-0.15, -0.1) is 0 Å². The maximum absolute atomic E-state index is 11.7. The van der Waals surface area contributed by atoms with Gasteiger partial charge in [0, 0.05) is 24.3 Å². The molecule has 100 valence electrons. The number of pyridine rings is 1. The van der Waals surface area contributed by atoms with E-state index < -0.39 is 5.91 Å². The number of hydrogen-bond acceptors (Lipinski definition) is 5. The number of carbonyl (C=O) groups excluding carboxylic acids is 3. The summed E-state index contributed by atoms with van der Waals surface area (Å²) in [5, 5.41) is 2.72. The first-order valence-electron chi connectivity index (χ1n) is 5.45. The Balaban J connectivity index is 1.84. The molecule has 1 aliphatic heterocycles. The monoisotopic (exact) mass is 299 g/mol. The zero-order valence-electron chi connectivity index (χ0n) is 9.76. The van der Waals surface area contributed by atoms with Crippen molar-refractivity contribution in [1.82, 2.24) is 15.2 Å². The van der Waals surface area contributed by atoms with Crippen LogP contribution >= 0.6 is 23.4 Å². The number of amides is 3. The summed E-state index contributed by atoms with van der Waals surface area (Å²) in [6.45, 7) is 0.349. The minimum atomic E-state index is -0.394. The SMILES string of the molecule is O=C(NCCN1C(=O)CSC1=O)c1cc(Cl)ccn1. The van der Waals surface area contributed by atoms with Crippen molar-refractivity contribution in [1.29, 1.82) is 0 Å². The van der Waals surface area contributed by atoms with E-state index in [9.17, 15) is 14.4 Å². The molecule has 2 heterocycles. The molecule has 0 radical (unpaired) electrons. The first-order valence-corrected chi connectivity index (χ1v) is 6.81. The smallest absolute Gasteiger partial charge is 0.288 e. The van der Waals surface area contributed by atoms with Crippen LogP contribution in [0.5, 0.6) is 0 Å². The van der Waals surface area contributed by atoms with Crippen LogP contribution in [0, 0.1) is 0 Å². The summed E-state index contributed by atoms with van der Waals surface area (Å²) in [5.74, 6) is -0.456. The van der Waals surface area contributed by atoms with Gasteiger partial charge in [0.25, 0.3) is 11.1 Å². The number of nitrogens with one attached hydrogen (secondary N) is 1. The quantitative estimate of drug-likeness (QED) is 0.902. The summed E-state index contributed by atoms with van der Waals surface area (Å²) in [6, 6.07) is 3.01. The van der Waals surface area contributed by atoms with E-state index in [1.807, 2.05) is 0 Å². The molecule has 3 amide bonds. The Kier molecular flexibility index (Phi) is 4.39. The van der Waals surface area contributed by atoms with E-state index in [4.69, 9.17) is 11.6 Å². The van der Waals surface area contributed by atoms with Gasteiger partial charge in [0.05, 0.1) is 5.75 Å². The fourth-order valence-corrected chi connectivity index (χ4v) is 2.41. The van der Waals surface area contributed by atoms with Crippen molar-refractivity contribution in [3.63, 3.8) is 0 Å². The molecule has 0 atom stereocenters. The highest BCUT2D eigenvalue weighted by atomic mass is 35.5. The fraction of sp³-hybridized carbons (Fsp3) is 0.273. The molecule has 1 saturated heterocycles. The van der Waals surface area contributed by atoms with Crippen molar-refractivity contribution >= 4 is 40.4 Å². The molecule has 0 spiro atoms. The van der Waals surface area contributed by atoms with Crippen LogP contribution < -0.4 is 5.32 Å². The van der Waals surface area contributed by atoms with Crippen molar-refractivity contribution in [2.75, 3.05) is 18.8 Å². The van der Waals surface area contributed by atoms with Crippen LogP contribution in [-0.2, 0) is 4.79 Å². The van der Waals surface area contributed by atoms with Crippen molar-refractivity contribution in [2.24, 2.45) is 0 Å². The lowest BCUT2D eigenvalue weighted by atomic mass is 10.3. The standard InChI is InChI=1S/C11H10ClN3O3S/c12-7-1-2-13-8(5-7)10(17)14-3-4-15-9(16)6-19-11(15)18/h1-2,5H,3-4,6H2,(H,14,17). The Labute approximate surface area is 118 Å². The number of hydrogen-bond donors (Lipinski definition) is 1. The second-order valence-electron chi connectivity index (χ2n) is 3.72. The Morgan fingerprint density at radius 1 is 1.53 bits per heavy atom. The van der Waals surface area contributed by atoms with Crippen LogP contribution in [-0.4, -0.2) is 45.8 Å². The molecule has 0 unspecified atom stereocenters. The predicted molar refractivity (Wildman–Crippen MR) is 71.1 cm³/mol. The zero-order chi connectivity index (χ0) is 13.8. The van der Waals surface area contributed by atoms with Gasteiger partial charge in [-0.25, -0.2) is 0 Å². The largest absolute Gasteiger partial charge is 0.349 e. The van der Waals surface area contributed by atoms with Gasteiger partial charge in [-0.2, -0.15) is 0 Å². The Hall–Kier alpha value is -1.60. The predicted octanol–water partition coefficient (Wildman–Crippen LogP) is 1.16. The van der Waals surface area contributed by atoms with Crippen molar-refractivity contribution in [3.05, 3.63) is 29.0 Å². The molecule has 8 heteroatoms. The van der Waals surface area contributed by atoms with E-state index in [2.05, 4.69) is 10.3 Å². The van der Waals surface area contributed by atoms with Crippen LogP contribution in [0.4, 0.5) is 4.79 Å². The molecule has 2 rings (SSSR count). The van der Waals surface area contributed by atoms with Crippen LogP contribution in [0.15, 0.2) is 18.3 Å². The molecule has 1 fully saturated rings. The Morgan fingerprint density at radius 2 is 2.32 bits per heavy atom. The average Bonchev–Trinajstić information content (AvgIpc) is 2.70. The first kappa shape index (κ1) is 13.8. The molecule has 0 aromatic carbocycles. The lowest BCUT2D eigenvalue weighted by molar-refractivity contribution is -0.124. The minimum Gasteiger partial charge on any atom is -0.349 e. The van der Waals surface area contributed by atoms with E-state index in [0.717, 1.165) is 16.7 Å². The number of carbonyl (C=O) groups is 3. The molecule has 1 N–H and O–H groups in total. The summed E-state index contributed by atoms with van der Waals surface area (Å²) >= 11 is 6.71. The third-order valence-corrected chi connectivity index (χ3v) is 3.51. The normalized spacial score (nSPS) is 14.9. The molecule has 19 heavy (non-hydrogen) atoms. The van der Waals surface area contributed by atoms with E-state index >= 15 is 0 Å². The molecular formula is C11H10ClN3O3S. The summed E-state index contributed by atoms with van der Waals surface area (Å²) < 4.78 is 0. The van der Waals surface area contributed by atoms with E-state index in [1.54, 1.807) is 6.07 Å². The van der Waals surface area contributed by atoms with Crippen LogP contribution in [0.3, 0.4) is 0 Å². The number of rotatable bonds is 4. The van der Waals surface area contributed by atoms with Gasteiger partial charge in [0.15, 0.2) is 0 Å². The summed E-state index contributed by atoms with van der Waals surface area (Å²) in [7, 11) is 0. The second-order valence-corrected chi connectivity index (χ2v) is 5.08. The molecule has 0 bridgehead atoms. The zero-order valence-corrected chi connectivity index (χ0v) is 11.3. The molecule has 1 aliphatic rings. The third kappa shape index (κ3) is 3.45. The maximum atomic E-state index is 11.7. The highest BCUT2D eigenvalue weighted by molar-refractivity contribution is 8.14. The third-order valence-electron chi connectivity index (χ3n) is 2.42.